The van der Waals surface area contributed by atoms with Crippen molar-refractivity contribution in [3.05, 3.63) is 58.6 Å². The van der Waals surface area contributed by atoms with Crippen LogP contribution in [0, 0.1) is 11.3 Å². The van der Waals surface area contributed by atoms with Crippen LogP contribution in [-0.4, -0.2) is 11.0 Å². The van der Waals surface area contributed by atoms with Crippen molar-refractivity contribution >= 4 is 23.2 Å². The number of nitriles is 1. The molecule has 0 saturated heterocycles. The third kappa shape index (κ3) is 3.53. The maximum atomic E-state index is 12.1. The summed E-state index contributed by atoms with van der Waals surface area (Å²) >= 11 is 5.77. The molecule has 1 amide bonds. The van der Waals surface area contributed by atoms with Gasteiger partial charge in [0.1, 0.15) is 5.75 Å². The summed E-state index contributed by atoms with van der Waals surface area (Å²) in [4.78, 5) is 12.1. The Hall–Kier alpha value is -2.51. The number of halogens is 1. The van der Waals surface area contributed by atoms with Crippen LogP contribution in [0.5, 0.6) is 5.75 Å². The van der Waals surface area contributed by atoms with E-state index in [9.17, 15) is 9.90 Å². The zero-order valence-corrected chi connectivity index (χ0v) is 12.1. The van der Waals surface area contributed by atoms with Gasteiger partial charge >= 0.3 is 0 Å². The van der Waals surface area contributed by atoms with E-state index in [2.05, 4.69) is 11.4 Å². The van der Waals surface area contributed by atoms with Crippen molar-refractivity contribution in [2.24, 2.45) is 0 Å². The molecule has 4 nitrogen and oxygen atoms in total. The van der Waals surface area contributed by atoms with E-state index in [1.807, 2.05) is 0 Å². The molecular weight excluding hydrogens is 288 g/mol. The molecule has 2 N–H and O–H groups in total. The first-order chi connectivity index (χ1) is 10.0. The first-order valence-electron chi connectivity index (χ1n) is 6.30. The number of benzene rings is 2. The average molecular weight is 301 g/mol. The zero-order chi connectivity index (χ0) is 15.4. The Bertz CT molecular complexity index is 705. The van der Waals surface area contributed by atoms with Crippen molar-refractivity contribution in [2.45, 2.75) is 12.8 Å². The summed E-state index contributed by atoms with van der Waals surface area (Å²) in [6.45, 7) is 1.75. The smallest absolute Gasteiger partial charge is 0.255 e. The fourth-order valence-corrected chi connectivity index (χ4v) is 1.92. The van der Waals surface area contributed by atoms with Gasteiger partial charge in [-0.25, -0.2) is 0 Å². The minimum Gasteiger partial charge on any atom is -0.506 e. The quantitative estimate of drug-likeness (QED) is 0.844. The molecular formula is C16H13ClN2O2. The fraction of sp³-hybridized carbons (Fsp3) is 0.125. The van der Waals surface area contributed by atoms with Crippen LogP contribution in [-0.2, 0) is 0 Å². The highest BCUT2D eigenvalue weighted by Gasteiger charge is 2.12. The molecule has 0 aliphatic rings. The Kier molecular flexibility index (Phi) is 4.46. The van der Waals surface area contributed by atoms with Crippen LogP contribution < -0.4 is 5.32 Å². The number of phenols is 1. The van der Waals surface area contributed by atoms with E-state index < -0.39 is 0 Å². The first kappa shape index (κ1) is 14.9. The van der Waals surface area contributed by atoms with Gasteiger partial charge in [-0.05, 0) is 48.9 Å². The SMILES string of the molecule is CC(C#N)c1ccc(O)c(NC(=O)c2ccc(Cl)cc2)c1. The van der Waals surface area contributed by atoms with Crippen LogP contribution >= 0.6 is 11.6 Å². The van der Waals surface area contributed by atoms with Gasteiger partial charge in [0.25, 0.3) is 5.91 Å². The van der Waals surface area contributed by atoms with Gasteiger partial charge in [0, 0.05) is 10.6 Å². The number of anilines is 1. The number of nitrogens with one attached hydrogen (secondary N) is 1. The standard InChI is InChI=1S/C16H13ClN2O2/c1-10(9-18)12-4-7-15(20)14(8-12)19-16(21)11-2-5-13(17)6-3-11/h2-8,10,20H,1H3,(H,19,21). The highest BCUT2D eigenvalue weighted by atomic mass is 35.5. The zero-order valence-electron chi connectivity index (χ0n) is 11.3. The van der Waals surface area contributed by atoms with E-state index in [1.54, 1.807) is 43.3 Å². The van der Waals surface area contributed by atoms with Gasteiger partial charge in [-0.2, -0.15) is 5.26 Å². The average Bonchev–Trinajstić information content (AvgIpc) is 2.49. The van der Waals surface area contributed by atoms with Crippen LogP contribution in [0.4, 0.5) is 5.69 Å². The summed E-state index contributed by atoms with van der Waals surface area (Å²) in [6.07, 6.45) is 0. The summed E-state index contributed by atoms with van der Waals surface area (Å²) in [5.41, 5.74) is 1.42. The summed E-state index contributed by atoms with van der Waals surface area (Å²) in [6, 6.07) is 13.2. The predicted molar refractivity (Wildman–Crippen MR) is 81.5 cm³/mol. The normalized spacial score (nSPS) is 11.5. The number of carbonyl (C=O) groups excluding carboxylic acids is 1. The highest BCUT2D eigenvalue weighted by Crippen LogP contribution is 2.28. The van der Waals surface area contributed by atoms with Gasteiger partial charge in [-0.15, -0.1) is 0 Å². The van der Waals surface area contributed by atoms with Crippen molar-refractivity contribution < 1.29 is 9.90 Å². The van der Waals surface area contributed by atoms with Crippen molar-refractivity contribution in [3.8, 4) is 11.8 Å². The lowest BCUT2D eigenvalue weighted by Gasteiger charge is -2.10. The molecule has 2 rings (SSSR count). The largest absolute Gasteiger partial charge is 0.506 e. The topological polar surface area (TPSA) is 73.1 Å². The summed E-state index contributed by atoms with van der Waals surface area (Å²) < 4.78 is 0. The van der Waals surface area contributed by atoms with Gasteiger partial charge in [-0.1, -0.05) is 17.7 Å². The Labute approximate surface area is 127 Å². The van der Waals surface area contributed by atoms with E-state index in [0.29, 0.717) is 10.6 Å². The van der Waals surface area contributed by atoms with Crippen molar-refractivity contribution in [2.75, 3.05) is 5.32 Å². The minimum absolute atomic E-state index is 0.0498. The molecule has 106 valence electrons. The van der Waals surface area contributed by atoms with E-state index in [4.69, 9.17) is 16.9 Å². The molecule has 5 heteroatoms. The van der Waals surface area contributed by atoms with E-state index in [-0.39, 0.29) is 23.3 Å². The fourth-order valence-electron chi connectivity index (χ4n) is 1.79. The van der Waals surface area contributed by atoms with Crippen LogP contribution in [0.15, 0.2) is 42.5 Å². The molecule has 0 spiro atoms. The molecule has 0 bridgehead atoms. The van der Waals surface area contributed by atoms with Crippen LogP contribution in [0.2, 0.25) is 5.02 Å². The minimum atomic E-state index is -0.358. The van der Waals surface area contributed by atoms with Crippen molar-refractivity contribution in [1.29, 1.82) is 5.26 Å². The molecule has 21 heavy (non-hydrogen) atoms. The lowest BCUT2D eigenvalue weighted by Crippen LogP contribution is -2.12. The second-order valence-electron chi connectivity index (χ2n) is 4.59. The Balaban J connectivity index is 2.24. The maximum Gasteiger partial charge on any atom is 0.255 e. The molecule has 1 unspecified atom stereocenters. The second-order valence-corrected chi connectivity index (χ2v) is 5.02. The Morgan fingerprint density at radius 2 is 1.95 bits per heavy atom. The third-order valence-corrected chi connectivity index (χ3v) is 3.32. The van der Waals surface area contributed by atoms with Crippen molar-refractivity contribution in [3.63, 3.8) is 0 Å². The molecule has 0 aliphatic heterocycles. The van der Waals surface area contributed by atoms with Crippen LogP contribution in [0.1, 0.15) is 28.8 Å². The number of nitrogens with zero attached hydrogens (tertiary/aromatic N) is 1. The van der Waals surface area contributed by atoms with E-state index in [1.165, 1.54) is 6.07 Å². The number of hydrogen-bond donors (Lipinski definition) is 2. The van der Waals surface area contributed by atoms with Crippen LogP contribution in [0.25, 0.3) is 0 Å². The summed E-state index contributed by atoms with van der Waals surface area (Å²) in [7, 11) is 0. The molecule has 2 aromatic carbocycles. The molecule has 0 radical (unpaired) electrons. The van der Waals surface area contributed by atoms with Gasteiger partial charge in [-0.3, -0.25) is 4.79 Å². The van der Waals surface area contributed by atoms with E-state index >= 15 is 0 Å². The Morgan fingerprint density at radius 3 is 2.57 bits per heavy atom. The summed E-state index contributed by atoms with van der Waals surface area (Å²) in [5.74, 6) is -0.730. The van der Waals surface area contributed by atoms with Gasteiger partial charge in [0.05, 0.1) is 17.7 Å². The first-order valence-corrected chi connectivity index (χ1v) is 6.68. The lowest BCUT2D eigenvalue weighted by molar-refractivity contribution is 0.102. The second kappa shape index (κ2) is 6.29. The molecule has 2 aromatic rings. The van der Waals surface area contributed by atoms with Gasteiger partial charge in [0.15, 0.2) is 0 Å². The van der Waals surface area contributed by atoms with Crippen LogP contribution in [0.3, 0.4) is 0 Å². The lowest BCUT2D eigenvalue weighted by atomic mass is 10.0. The molecule has 0 heterocycles. The van der Waals surface area contributed by atoms with Gasteiger partial charge < -0.3 is 10.4 Å². The van der Waals surface area contributed by atoms with E-state index in [0.717, 1.165) is 5.56 Å². The third-order valence-electron chi connectivity index (χ3n) is 3.07. The molecule has 0 aliphatic carbocycles. The number of aromatic hydroxyl groups is 1. The monoisotopic (exact) mass is 300 g/mol. The van der Waals surface area contributed by atoms with Crippen molar-refractivity contribution in [1.82, 2.24) is 0 Å². The Morgan fingerprint density at radius 1 is 1.29 bits per heavy atom. The predicted octanol–water partition coefficient (Wildman–Crippen LogP) is 3.92. The molecule has 0 saturated carbocycles. The number of hydrogen-bond acceptors (Lipinski definition) is 3. The molecule has 0 aromatic heterocycles. The molecule has 1 atom stereocenters. The summed E-state index contributed by atoms with van der Waals surface area (Å²) in [5, 5.41) is 21.9. The van der Waals surface area contributed by atoms with Gasteiger partial charge in [0.2, 0.25) is 0 Å². The number of amides is 1. The number of phenolic OH excluding ortho intramolecular Hbond substituents is 1. The maximum absolute atomic E-state index is 12.1. The molecule has 0 fully saturated rings. The highest BCUT2D eigenvalue weighted by molar-refractivity contribution is 6.30. The number of rotatable bonds is 3. The number of carbonyl (C=O) groups is 1.